The molecule has 4 rings (SSSR count). The minimum Gasteiger partial charge on any atom is -0.463 e. The van der Waals surface area contributed by atoms with Crippen molar-refractivity contribution < 1.29 is 14.3 Å². The summed E-state index contributed by atoms with van der Waals surface area (Å²) in [7, 11) is 1.24. The van der Waals surface area contributed by atoms with Crippen LogP contribution in [0.5, 0.6) is 0 Å². The predicted molar refractivity (Wildman–Crippen MR) is 117 cm³/mol. The van der Waals surface area contributed by atoms with Crippen molar-refractivity contribution in [3.05, 3.63) is 108 Å². The molecule has 0 aliphatic carbocycles. The van der Waals surface area contributed by atoms with Gasteiger partial charge in [-0.05, 0) is 22.8 Å². The van der Waals surface area contributed by atoms with E-state index in [0.717, 1.165) is 28.6 Å². The molecule has 0 N–H and O–H groups in total. The average Bonchev–Trinajstić information content (AvgIpc) is 3.16. The minimum atomic E-state index is -0.802. The SMILES string of the molecule is COC(=O)C(=O)C[C@@H](c1ccccc1)c1cn(Cc2ccccc2)c2ccccc12. The molecular weight excluding hydrogens is 374 g/mol. The van der Waals surface area contributed by atoms with Gasteiger partial charge in [0.1, 0.15) is 0 Å². The lowest BCUT2D eigenvalue weighted by Crippen LogP contribution is -2.19. The fourth-order valence-corrected chi connectivity index (χ4v) is 3.94. The van der Waals surface area contributed by atoms with Crippen LogP contribution in [0, 0.1) is 0 Å². The Morgan fingerprint density at radius 1 is 0.867 bits per heavy atom. The first-order valence-corrected chi connectivity index (χ1v) is 9.95. The van der Waals surface area contributed by atoms with Gasteiger partial charge in [-0.25, -0.2) is 4.79 Å². The van der Waals surface area contributed by atoms with Crippen LogP contribution in [0.25, 0.3) is 10.9 Å². The van der Waals surface area contributed by atoms with E-state index in [2.05, 4.69) is 39.8 Å². The monoisotopic (exact) mass is 397 g/mol. The average molecular weight is 397 g/mol. The molecule has 0 fully saturated rings. The van der Waals surface area contributed by atoms with Gasteiger partial charge in [0.2, 0.25) is 5.78 Å². The summed E-state index contributed by atoms with van der Waals surface area (Å²) in [6, 6.07) is 28.3. The number of Topliss-reactive ketones (excluding diaryl/α,β-unsaturated/α-hetero) is 1. The van der Waals surface area contributed by atoms with E-state index in [1.165, 1.54) is 12.7 Å². The molecule has 1 atom stereocenters. The highest BCUT2D eigenvalue weighted by molar-refractivity contribution is 6.33. The van der Waals surface area contributed by atoms with E-state index in [1.807, 2.05) is 60.7 Å². The Morgan fingerprint density at radius 2 is 1.50 bits per heavy atom. The lowest BCUT2D eigenvalue weighted by molar-refractivity contribution is -0.151. The largest absolute Gasteiger partial charge is 0.463 e. The zero-order chi connectivity index (χ0) is 20.9. The molecule has 4 heteroatoms. The number of carbonyl (C=O) groups is 2. The van der Waals surface area contributed by atoms with Crippen molar-refractivity contribution in [1.29, 1.82) is 0 Å². The van der Waals surface area contributed by atoms with Crippen LogP contribution in [-0.4, -0.2) is 23.4 Å². The van der Waals surface area contributed by atoms with Crippen LogP contribution in [0.15, 0.2) is 91.1 Å². The van der Waals surface area contributed by atoms with E-state index in [1.54, 1.807) is 0 Å². The van der Waals surface area contributed by atoms with Gasteiger partial charge in [-0.3, -0.25) is 4.79 Å². The van der Waals surface area contributed by atoms with Gasteiger partial charge in [-0.1, -0.05) is 78.9 Å². The second-order valence-electron chi connectivity index (χ2n) is 7.30. The lowest BCUT2D eigenvalue weighted by atomic mass is 9.87. The Morgan fingerprint density at radius 3 is 2.20 bits per heavy atom. The Bertz CT molecular complexity index is 1160. The van der Waals surface area contributed by atoms with E-state index >= 15 is 0 Å². The van der Waals surface area contributed by atoms with E-state index in [4.69, 9.17) is 0 Å². The van der Waals surface area contributed by atoms with Gasteiger partial charge in [-0.15, -0.1) is 0 Å². The molecule has 0 radical (unpaired) electrons. The molecule has 3 aromatic carbocycles. The number of ketones is 1. The molecule has 0 aliphatic heterocycles. The Hall–Kier alpha value is -3.66. The van der Waals surface area contributed by atoms with Gasteiger partial charge in [0.25, 0.3) is 0 Å². The first-order valence-electron chi connectivity index (χ1n) is 9.95. The predicted octanol–water partition coefficient (Wildman–Crippen LogP) is 4.95. The van der Waals surface area contributed by atoms with Crippen molar-refractivity contribution in [3.63, 3.8) is 0 Å². The normalized spacial score (nSPS) is 11.9. The highest BCUT2D eigenvalue weighted by atomic mass is 16.5. The zero-order valence-corrected chi connectivity index (χ0v) is 16.8. The third-order valence-electron chi connectivity index (χ3n) is 5.40. The summed E-state index contributed by atoms with van der Waals surface area (Å²) in [5.74, 6) is -1.56. The van der Waals surface area contributed by atoms with E-state index in [-0.39, 0.29) is 12.3 Å². The van der Waals surface area contributed by atoms with Crippen LogP contribution in [0.1, 0.15) is 29.0 Å². The molecule has 0 spiro atoms. The third kappa shape index (κ3) is 4.03. The number of rotatable bonds is 7. The van der Waals surface area contributed by atoms with E-state index < -0.39 is 11.8 Å². The number of fused-ring (bicyclic) bond motifs is 1. The molecule has 0 unspecified atom stereocenters. The van der Waals surface area contributed by atoms with E-state index in [0.29, 0.717) is 0 Å². The standard InChI is InChI=1S/C26H23NO3/c1-30-26(29)25(28)16-22(20-12-6-3-7-13-20)23-18-27(17-19-10-4-2-5-11-19)24-15-9-8-14-21(23)24/h2-15,18,22H,16-17H2,1H3/t22-/m0/s1. The molecule has 0 saturated carbocycles. The molecule has 4 aromatic rings. The number of nitrogens with zero attached hydrogens (tertiary/aromatic N) is 1. The molecule has 0 aliphatic rings. The summed E-state index contributed by atoms with van der Waals surface area (Å²) in [4.78, 5) is 24.3. The number of esters is 1. The van der Waals surface area contributed by atoms with Gasteiger partial charge in [0, 0.05) is 36.0 Å². The van der Waals surface area contributed by atoms with Gasteiger partial charge in [0.15, 0.2) is 0 Å². The molecule has 1 heterocycles. The number of methoxy groups -OCH3 is 1. The third-order valence-corrected chi connectivity index (χ3v) is 5.40. The molecule has 0 bridgehead atoms. The first-order chi connectivity index (χ1) is 14.7. The van der Waals surface area contributed by atoms with Gasteiger partial charge < -0.3 is 9.30 Å². The Labute approximate surface area is 175 Å². The van der Waals surface area contributed by atoms with Gasteiger partial charge >= 0.3 is 5.97 Å². The number of ether oxygens (including phenoxy) is 1. The van der Waals surface area contributed by atoms with Crippen molar-refractivity contribution in [1.82, 2.24) is 4.57 Å². The Kier molecular flexibility index (Phi) is 5.75. The van der Waals surface area contributed by atoms with Crippen LogP contribution in [0.4, 0.5) is 0 Å². The maximum atomic E-state index is 12.5. The Balaban J connectivity index is 1.81. The quantitative estimate of drug-likeness (QED) is 0.327. The van der Waals surface area contributed by atoms with Crippen LogP contribution in [-0.2, 0) is 20.9 Å². The molecule has 0 saturated heterocycles. The van der Waals surface area contributed by atoms with Crippen LogP contribution >= 0.6 is 0 Å². The van der Waals surface area contributed by atoms with E-state index in [9.17, 15) is 9.59 Å². The number of carbonyl (C=O) groups excluding carboxylic acids is 2. The summed E-state index contributed by atoms with van der Waals surface area (Å²) in [6.07, 6.45) is 2.18. The minimum absolute atomic E-state index is 0.0655. The fourth-order valence-electron chi connectivity index (χ4n) is 3.94. The molecule has 4 nitrogen and oxygen atoms in total. The lowest BCUT2D eigenvalue weighted by Gasteiger charge is -2.16. The number of hydrogen-bond donors (Lipinski definition) is 0. The van der Waals surface area contributed by atoms with Crippen LogP contribution in [0.2, 0.25) is 0 Å². The highest BCUT2D eigenvalue weighted by Gasteiger charge is 2.26. The highest BCUT2D eigenvalue weighted by Crippen LogP contribution is 2.35. The smallest absolute Gasteiger partial charge is 0.374 e. The molecule has 150 valence electrons. The maximum absolute atomic E-state index is 12.5. The molecule has 1 aromatic heterocycles. The number of para-hydroxylation sites is 1. The molecule has 0 amide bonds. The second kappa shape index (κ2) is 8.78. The first kappa shape index (κ1) is 19.6. The summed E-state index contributed by atoms with van der Waals surface area (Å²) < 4.78 is 6.87. The number of benzene rings is 3. The zero-order valence-electron chi connectivity index (χ0n) is 16.8. The van der Waals surface area contributed by atoms with Crippen molar-refractivity contribution in [3.8, 4) is 0 Å². The number of aromatic nitrogens is 1. The second-order valence-corrected chi connectivity index (χ2v) is 7.30. The van der Waals surface area contributed by atoms with Crippen molar-refractivity contribution >= 4 is 22.7 Å². The van der Waals surface area contributed by atoms with Crippen LogP contribution < -0.4 is 0 Å². The molecule has 30 heavy (non-hydrogen) atoms. The van der Waals surface area contributed by atoms with Crippen molar-refractivity contribution in [2.45, 2.75) is 18.9 Å². The summed E-state index contributed by atoms with van der Waals surface area (Å²) in [5.41, 5.74) is 4.33. The van der Waals surface area contributed by atoms with Gasteiger partial charge in [0.05, 0.1) is 7.11 Å². The number of hydrogen-bond acceptors (Lipinski definition) is 3. The summed E-state index contributed by atoms with van der Waals surface area (Å²) >= 11 is 0. The van der Waals surface area contributed by atoms with Crippen molar-refractivity contribution in [2.75, 3.05) is 7.11 Å². The summed E-state index contributed by atoms with van der Waals surface area (Å²) in [5, 5.41) is 1.08. The topological polar surface area (TPSA) is 48.3 Å². The fraction of sp³-hybridized carbons (Fsp3) is 0.154. The van der Waals surface area contributed by atoms with Crippen LogP contribution in [0.3, 0.4) is 0 Å². The maximum Gasteiger partial charge on any atom is 0.374 e. The van der Waals surface area contributed by atoms with Crippen molar-refractivity contribution in [2.24, 2.45) is 0 Å². The molecular formula is C26H23NO3. The summed E-state index contributed by atoms with van der Waals surface area (Å²) in [6.45, 7) is 0.730. The van der Waals surface area contributed by atoms with Gasteiger partial charge in [-0.2, -0.15) is 0 Å².